The second-order valence-corrected chi connectivity index (χ2v) is 3.08. The molecule has 0 fully saturated rings. The zero-order chi connectivity index (χ0) is 11.3. The molecule has 0 unspecified atom stereocenters. The van der Waals surface area contributed by atoms with E-state index < -0.39 is 4.92 Å². The number of nitrogens with zero attached hydrogens (tertiary/aromatic N) is 1. The van der Waals surface area contributed by atoms with Crippen molar-refractivity contribution in [2.45, 2.75) is 19.4 Å². The van der Waals surface area contributed by atoms with Gasteiger partial charge in [-0.05, 0) is 18.1 Å². The topological polar surface area (TPSA) is 80.4 Å². The molecular formula is C10H11NO4. The van der Waals surface area contributed by atoms with E-state index in [4.69, 9.17) is 5.11 Å². The lowest BCUT2D eigenvalue weighted by molar-refractivity contribution is -0.385. The Morgan fingerprint density at radius 2 is 2.20 bits per heavy atom. The number of carbonyl (C=O) groups excluding carboxylic acids is 1. The Hall–Kier alpha value is -1.75. The molecule has 0 atom stereocenters. The van der Waals surface area contributed by atoms with Crippen LogP contribution >= 0.6 is 0 Å². The van der Waals surface area contributed by atoms with Crippen molar-refractivity contribution in [2.24, 2.45) is 0 Å². The van der Waals surface area contributed by atoms with E-state index in [2.05, 4.69) is 0 Å². The van der Waals surface area contributed by atoms with Crippen LogP contribution in [0.25, 0.3) is 0 Å². The fourth-order valence-electron chi connectivity index (χ4n) is 1.29. The molecule has 0 spiro atoms. The number of aldehydes is 1. The molecule has 0 heterocycles. The summed E-state index contributed by atoms with van der Waals surface area (Å²) in [6.07, 6.45) is 1.59. The van der Waals surface area contributed by atoms with Crippen molar-refractivity contribution in [3.8, 4) is 0 Å². The average molecular weight is 209 g/mol. The van der Waals surface area contributed by atoms with Crippen LogP contribution in [0.2, 0.25) is 0 Å². The fourth-order valence-corrected chi connectivity index (χ4v) is 1.29. The van der Waals surface area contributed by atoms with Crippen molar-refractivity contribution in [2.75, 3.05) is 0 Å². The number of carbonyl (C=O) groups is 1. The van der Waals surface area contributed by atoms with Crippen LogP contribution in [-0.4, -0.2) is 16.3 Å². The number of hydrogen-bond acceptors (Lipinski definition) is 4. The van der Waals surface area contributed by atoms with E-state index in [-0.39, 0.29) is 17.9 Å². The lowest BCUT2D eigenvalue weighted by Crippen LogP contribution is -1.97. The second-order valence-electron chi connectivity index (χ2n) is 3.08. The zero-order valence-corrected chi connectivity index (χ0v) is 8.05. The molecule has 0 amide bonds. The Balaban J connectivity index is 2.99. The first kappa shape index (κ1) is 11.3. The van der Waals surface area contributed by atoms with E-state index in [0.29, 0.717) is 12.8 Å². The third-order valence-corrected chi connectivity index (χ3v) is 2.07. The largest absolute Gasteiger partial charge is 0.391 e. The van der Waals surface area contributed by atoms with Gasteiger partial charge in [0.25, 0.3) is 5.69 Å². The SMILES string of the molecule is O=CCCc1ccc(CO)c([N+](=O)[O-])c1. The molecule has 0 saturated heterocycles. The molecule has 1 N–H and O–H groups in total. The minimum Gasteiger partial charge on any atom is -0.391 e. The molecule has 0 bridgehead atoms. The maximum absolute atomic E-state index is 10.6. The van der Waals surface area contributed by atoms with Gasteiger partial charge in [0.1, 0.15) is 6.29 Å². The molecule has 0 aromatic heterocycles. The Morgan fingerprint density at radius 3 is 2.73 bits per heavy atom. The minimum absolute atomic E-state index is 0.0964. The van der Waals surface area contributed by atoms with Gasteiger partial charge in [0, 0.05) is 12.5 Å². The second kappa shape index (κ2) is 5.21. The minimum atomic E-state index is -0.532. The van der Waals surface area contributed by atoms with E-state index in [1.165, 1.54) is 12.1 Å². The van der Waals surface area contributed by atoms with Crippen molar-refractivity contribution >= 4 is 12.0 Å². The first-order valence-electron chi connectivity index (χ1n) is 4.49. The van der Waals surface area contributed by atoms with Crippen molar-refractivity contribution in [3.63, 3.8) is 0 Å². The van der Waals surface area contributed by atoms with E-state index in [0.717, 1.165) is 11.8 Å². The summed E-state index contributed by atoms with van der Waals surface area (Å²) >= 11 is 0. The summed E-state index contributed by atoms with van der Waals surface area (Å²) in [5.41, 5.74) is 0.918. The molecule has 1 aromatic rings. The predicted molar refractivity (Wildman–Crippen MR) is 53.4 cm³/mol. The summed E-state index contributed by atoms with van der Waals surface area (Å²) in [6, 6.07) is 4.59. The number of aliphatic hydroxyl groups is 1. The summed E-state index contributed by atoms with van der Waals surface area (Å²) < 4.78 is 0. The van der Waals surface area contributed by atoms with Crippen molar-refractivity contribution in [3.05, 3.63) is 39.4 Å². The first-order valence-corrected chi connectivity index (χ1v) is 4.49. The molecule has 0 aliphatic heterocycles. The van der Waals surface area contributed by atoms with E-state index in [1.54, 1.807) is 6.07 Å². The van der Waals surface area contributed by atoms with Crippen LogP contribution in [0, 0.1) is 10.1 Å². The van der Waals surface area contributed by atoms with Crippen molar-refractivity contribution in [1.82, 2.24) is 0 Å². The van der Waals surface area contributed by atoms with E-state index in [1.807, 2.05) is 0 Å². The van der Waals surface area contributed by atoms with Crippen molar-refractivity contribution < 1.29 is 14.8 Å². The van der Waals surface area contributed by atoms with Crippen LogP contribution < -0.4 is 0 Å². The quantitative estimate of drug-likeness (QED) is 0.449. The number of hydrogen-bond donors (Lipinski definition) is 1. The number of nitro benzene ring substituents is 1. The summed E-state index contributed by atoms with van der Waals surface area (Å²) in [6.45, 7) is -0.357. The van der Waals surface area contributed by atoms with Gasteiger partial charge in [-0.15, -0.1) is 0 Å². The van der Waals surface area contributed by atoms with Gasteiger partial charge in [-0.25, -0.2) is 0 Å². The normalized spacial score (nSPS) is 9.93. The van der Waals surface area contributed by atoms with Crippen LogP contribution in [0.5, 0.6) is 0 Å². The van der Waals surface area contributed by atoms with Crippen molar-refractivity contribution in [1.29, 1.82) is 0 Å². The smallest absolute Gasteiger partial charge is 0.275 e. The highest BCUT2D eigenvalue weighted by Crippen LogP contribution is 2.20. The third-order valence-electron chi connectivity index (χ3n) is 2.07. The first-order chi connectivity index (χ1) is 7.19. The lowest BCUT2D eigenvalue weighted by Gasteiger charge is -2.02. The molecule has 0 aliphatic rings. The summed E-state index contributed by atoms with van der Waals surface area (Å²) in [5.74, 6) is 0. The third kappa shape index (κ3) is 2.85. The Bertz CT molecular complexity index is 376. The Kier molecular flexibility index (Phi) is 3.93. The highest BCUT2D eigenvalue weighted by atomic mass is 16.6. The predicted octanol–water partition coefficient (Wildman–Crippen LogP) is 1.22. The summed E-state index contributed by atoms with van der Waals surface area (Å²) in [4.78, 5) is 20.2. The van der Waals surface area contributed by atoms with E-state index >= 15 is 0 Å². The van der Waals surface area contributed by atoms with Gasteiger partial charge >= 0.3 is 0 Å². The molecule has 15 heavy (non-hydrogen) atoms. The summed E-state index contributed by atoms with van der Waals surface area (Å²) in [5, 5.41) is 19.5. The summed E-state index contributed by atoms with van der Waals surface area (Å²) in [7, 11) is 0. The molecule has 5 nitrogen and oxygen atoms in total. The van der Waals surface area contributed by atoms with Crippen LogP contribution in [-0.2, 0) is 17.8 Å². The average Bonchev–Trinajstić information content (AvgIpc) is 2.25. The molecule has 1 aromatic carbocycles. The van der Waals surface area contributed by atoms with Gasteiger partial charge in [0.05, 0.1) is 17.1 Å². The molecule has 0 radical (unpaired) electrons. The number of nitro groups is 1. The number of benzene rings is 1. The van der Waals surface area contributed by atoms with Crippen LogP contribution in [0.15, 0.2) is 18.2 Å². The van der Waals surface area contributed by atoms with Crippen LogP contribution in [0.3, 0.4) is 0 Å². The zero-order valence-electron chi connectivity index (χ0n) is 8.05. The van der Waals surface area contributed by atoms with Gasteiger partial charge < -0.3 is 9.90 Å². The molecular weight excluding hydrogens is 198 g/mol. The van der Waals surface area contributed by atoms with E-state index in [9.17, 15) is 14.9 Å². The molecule has 80 valence electrons. The number of aliphatic hydroxyl groups excluding tert-OH is 1. The lowest BCUT2D eigenvalue weighted by atomic mass is 10.1. The Labute approximate surface area is 86.5 Å². The van der Waals surface area contributed by atoms with Crippen LogP contribution in [0.4, 0.5) is 5.69 Å². The highest BCUT2D eigenvalue weighted by Gasteiger charge is 2.13. The molecule has 0 saturated carbocycles. The van der Waals surface area contributed by atoms with Crippen LogP contribution in [0.1, 0.15) is 17.5 Å². The monoisotopic (exact) mass is 209 g/mol. The molecule has 0 aliphatic carbocycles. The van der Waals surface area contributed by atoms with Gasteiger partial charge in [0.15, 0.2) is 0 Å². The molecule has 5 heteroatoms. The van der Waals surface area contributed by atoms with Gasteiger partial charge in [-0.3, -0.25) is 10.1 Å². The fraction of sp³-hybridized carbons (Fsp3) is 0.300. The molecule has 1 rings (SSSR count). The maximum Gasteiger partial charge on any atom is 0.275 e. The maximum atomic E-state index is 10.6. The Morgan fingerprint density at radius 1 is 1.47 bits per heavy atom. The van der Waals surface area contributed by atoms with Gasteiger partial charge in [-0.1, -0.05) is 6.07 Å². The number of aryl methyl sites for hydroxylation is 1. The highest BCUT2D eigenvalue weighted by molar-refractivity contribution is 5.51. The standard InChI is InChI=1S/C10H11NO4/c12-5-1-2-8-3-4-9(7-13)10(6-8)11(14)15/h3-6,13H,1-2,7H2. The number of rotatable bonds is 5. The van der Waals surface area contributed by atoms with Gasteiger partial charge in [-0.2, -0.15) is 0 Å². The van der Waals surface area contributed by atoms with Gasteiger partial charge in [0.2, 0.25) is 0 Å².